The Labute approximate surface area is 137 Å². The molecule has 0 atom stereocenters. The summed E-state index contributed by atoms with van der Waals surface area (Å²) < 4.78 is 1.16. The van der Waals surface area contributed by atoms with Gasteiger partial charge in [-0.15, -0.1) is 0 Å². The second kappa shape index (κ2) is 5.18. The molecule has 100 valence electrons. The molecule has 0 aromatic heterocycles. The maximum atomic E-state index is 10.6. The van der Waals surface area contributed by atoms with Crippen molar-refractivity contribution in [2.24, 2.45) is 0 Å². The molecule has 4 aromatic carbocycles. The van der Waals surface area contributed by atoms with E-state index in [1.54, 1.807) is 0 Å². The number of aromatic hydroxyl groups is 1. The monoisotopic (exact) mass is 296 g/mol. The molecule has 0 amide bonds. The summed E-state index contributed by atoms with van der Waals surface area (Å²) in [4.78, 5) is 0. The molecule has 22 heavy (non-hydrogen) atoms. The first-order valence-electron chi connectivity index (χ1n) is 7.24. The average molecular weight is 296 g/mol. The molecule has 4 rings (SSSR count). The van der Waals surface area contributed by atoms with Crippen LogP contribution >= 0.6 is 0 Å². The van der Waals surface area contributed by atoms with Gasteiger partial charge in [0.1, 0.15) is 0 Å². The van der Waals surface area contributed by atoms with Gasteiger partial charge in [0.05, 0.1) is 0 Å². The topological polar surface area (TPSA) is 20.2 Å². The molecule has 0 radical (unpaired) electrons. The van der Waals surface area contributed by atoms with Crippen molar-refractivity contribution in [3.8, 4) is 16.9 Å². The van der Waals surface area contributed by atoms with Crippen LogP contribution in [0.4, 0.5) is 0 Å². The van der Waals surface area contributed by atoms with Gasteiger partial charge in [0.25, 0.3) is 0 Å². The summed E-state index contributed by atoms with van der Waals surface area (Å²) in [5.74, 6) is 0.359. The summed E-state index contributed by atoms with van der Waals surface area (Å²) in [5, 5.41) is 14.6. The van der Waals surface area contributed by atoms with E-state index in [2.05, 4.69) is 52.7 Å². The van der Waals surface area contributed by atoms with E-state index in [4.69, 9.17) is 0 Å². The van der Waals surface area contributed by atoms with Crippen LogP contribution in [0.3, 0.4) is 0 Å². The third kappa shape index (κ3) is 2.01. The van der Waals surface area contributed by atoms with Gasteiger partial charge in [0.15, 0.2) is 0 Å². The zero-order valence-electron chi connectivity index (χ0n) is 12.0. The van der Waals surface area contributed by atoms with Crippen LogP contribution in [0.5, 0.6) is 5.75 Å². The van der Waals surface area contributed by atoms with Crippen LogP contribution in [0, 0.1) is 0 Å². The molecular formula is C20H13AlO+2. The Balaban J connectivity index is 2.23. The van der Waals surface area contributed by atoms with Gasteiger partial charge in [0, 0.05) is 0 Å². The molecule has 0 aliphatic carbocycles. The molecule has 0 fully saturated rings. The third-order valence-corrected chi connectivity index (χ3v) is 4.49. The van der Waals surface area contributed by atoms with E-state index in [0.717, 1.165) is 26.0 Å². The normalized spacial score (nSPS) is 11.2. The average Bonchev–Trinajstić information content (AvgIpc) is 2.57. The summed E-state index contributed by atoms with van der Waals surface area (Å²) >= 11 is 2.71. The van der Waals surface area contributed by atoms with E-state index >= 15 is 0 Å². The minimum absolute atomic E-state index is 0.359. The van der Waals surface area contributed by atoms with Gasteiger partial charge in [-0.1, -0.05) is 0 Å². The van der Waals surface area contributed by atoms with Crippen molar-refractivity contribution in [2.75, 3.05) is 0 Å². The minimum atomic E-state index is 0.359. The first-order valence-corrected chi connectivity index (χ1v) is 7.82. The SMILES string of the molecule is Oc1c2ccccc2c(-c2cc[c]([Al+2])cc2)c2ccccc12. The van der Waals surface area contributed by atoms with Gasteiger partial charge >= 0.3 is 137 Å². The molecule has 2 heteroatoms. The van der Waals surface area contributed by atoms with Crippen molar-refractivity contribution < 1.29 is 5.11 Å². The van der Waals surface area contributed by atoms with Crippen LogP contribution in [0.2, 0.25) is 0 Å². The van der Waals surface area contributed by atoms with Gasteiger partial charge in [-0.3, -0.25) is 0 Å². The molecule has 0 saturated carbocycles. The maximum absolute atomic E-state index is 10.6. The van der Waals surface area contributed by atoms with Crippen molar-refractivity contribution in [3.63, 3.8) is 0 Å². The van der Waals surface area contributed by atoms with Crippen molar-refractivity contribution in [2.45, 2.75) is 0 Å². The van der Waals surface area contributed by atoms with Gasteiger partial charge < -0.3 is 0 Å². The molecular weight excluding hydrogens is 283 g/mol. The molecule has 0 unspecified atom stereocenters. The van der Waals surface area contributed by atoms with Gasteiger partial charge in [-0.2, -0.15) is 0 Å². The Kier molecular flexibility index (Phi) is 3.15. The Morgan fingerprint density at radius 3 is 1.55 bits per heavy atom. The van der Waals surface area contributed by atoms with Gasteiger partial charge in [0.2, 0.25) is 0 Å². The number of benzene rings is 4. The fraction of sp³-hybridized carbons (Fsp3) is 0. The third-order valence-electron chi connectivity index (χ3n) is 4.10. The van der Waals surface area contributed by atoms with Gasteiger partial charge in [-0.05, 0) is 0 Å². The second-order valence-corrected chi connectivity index (χ2v) is 6.10. The summed E-state index contributed by atoms with van der Waals surface area (Å²) in [6.45, 7) is 0. The Hall–Kier alpha value is -2.27. The second-order valence-electron chi connectivity index (χ2n) is 5.44. The van der Waals surface area contributed by atoms with Crippen LogP contribution in [0.15, 0.2) is 72.8 Å². The zero-order chi connectivity index (χ0) is 15.1. The molecule has 0 aliphatic rings. The van der Waals surface area contributed by atoms with E-state index in [-0.39, 0.29) is 0 Å². The molecule has 1 N–H and O–H groups in total. The summed E-state index contributed by atoms with van der Waals surface area (Å²) in [5.41, 5.74) is 2.34. The summed E-state index contributed by atoms with van der Waals surface area (Å²) in [6, 6.07) is 24.5. The predicted octanol–water partition coefficient (Wildman–Crippen LogP) is 4.16. The summed E-state index contributed by atoms with van der Waals surface area (Å²) in [7, 11) is 0. The quantitative estimate of drug-likeness (QED) is 0.413. The van der Waals surface area contributed by atoms with Crippen molar-refractivity contribution >= 4 is 42.3 Å². The van der Waals surface area contributed by atoms with Crippen LogP contribution in [-0.2, 0) is 0 Å². The fourth-order valence-electron chi connectivity index (χ4n) is 3.07. The van der Waals surface area contributed by atoms with Crippen LogP contribution in [0.25, 0.3) is 32.7 Å². The molecule has 4 aromatic rings. The number of fused-ring (bicyclic) bond motifs is 2. The number of hydrogen-bond donors (Lipinski definition) is 1. The number of rotatable bonds is 1. The molecule has 0 bridgehead atoms. The van der Waals surface area contributed by atoms with Crippen molar-refractivity contribution in [1.29, 1.82) is 0 Å². The Morgan fingerprint density at radius 1 is 0.591 bits per heavy atom. The predicted molar refractivity (Wildman–Crippen MR) is 93.9 cm³/mol. The molecule has 0 spiro atoms. The van der Waals surface area contributed by atoms with Crippen LogP contribution in [-0.4, -0.2) is 21.4 Å². The first-order chi connectivity index (χ1) is 10.8. The van der Waals surface area contributed by atoms with E-state index in [0.29, 0.717) is 5.75 Å². The number of phenols is 1. The first kappa shape index (κ1) is 13.4. The van der Waals surface area contributed by atoms with Crippen molar-refractivity contribution in [1.82, 2.24) is 0 Å². The Morgan fingerprint density at radius 2 is 1.05 bits per heavy atom. The van der Waals surface area contributed by atoms with E-state index in [1.165, 1.54) is 11.1 Å². The Bertz CT molecular complexity index is 931. The molecule has 0 saturated heterocycles. The number of phenolic OH excluding ortho intramolecular Hbond substituents is 1. The molecule has 1 nitrogen and oxygen atoms in total. The fourth-order valence-corrected chi connectivity index (χ4v) is 3.26. The van der Waals surface area contributed by atoms with E-state index in [1.807, 2.05) is 36.4 Å². The van der Waals surface area contributed by atoms with E-state index in [9.17, 15) is 5.11 Å². The van der Waals surface area contributed by atoms with E-state index < -0.39 is 0 Å². The number of hydrogen-bond acceptors (Lipinski definition) is 1. The molecule has 0 heterocycles. The standard InChI is InChI=1S/C20H13O.Al/c21-20-17-12-6-4-10-15(17)19(14-8-2-1-3-9-14)16-11-5-7-13-18(16)20;/h2-13,21H;/q;+2. The van der Waals surface area contributed by atoms with Crippen molar-refractivity contribution in [3.05, 3.63) is 72.8 Å². The van der Waals surface area contributed by atoms with Crippen LogP contribution < -0.4 is 4.43 Å². The summed E-state index contributed by atoms with van der Waals surface area (Å²) in [6.07, 6.45) is 0. The van der Waals surface area contributed by atoms with Gasteiger partial charge in [-0.25, -0.2) is 0 Å². The molecule has 0 aliphatic heterocycles. The van der Waals surface area contributed by atoms with Crippen LogP contribution in [0.1, 0.15) is 0 Å². The zero-order valence-corrected chi connectivity index (χ0v) is 13.1.